The van der Waals surface area contributed by atoms with Gasteiger partial charge in [-0.2, -0.15) is 0 Å². The maximum Gasteiger partial charge on any atom is 0.262 e. The third-order valence-electron chi connectivity index (χ3n) is 4.52. The van der Waals surface area contributed by atoms with E-state index in [-0.39, 0.29) is 28.3 Å². The molecule has 0 aliphatic carbocycles. The normalized spacial score (nSPS) is 12.3. The second-order valence-electron chi connectivity index (χ2n) is 7.72. The fourth-order valence-electron chi connectivity index (χ4n) is 2.97. The number of halogens is 2. The topological polar surface area (TPSA) is 46.2 Å². The molecule has 1 N–H and O–H groups in total. The zero-order valence-corrected chi connectivity index (χ0v) is 17.4. The number of benzene rings is 2. The second-order valence-corrected chi connectivity index (χ2v) is 9.34. The van der Waals surface area contributed by atoms with E-state index >= 15 is 0 Å². The van der Waals surface area contributed by atoms with Gasteiger partial charge in [0, 0.05) is 6.07 Å². The molecule has 6 heteroatoms. The van der Waals surface area contributed by atoms with Crippen molar-refractivity contribution in [3.63, 3.8) is 0 Å². The molecule has 0 aliphatic heterocycles. The first kappa shape index (κ1) is 21.4. The quantitative estimate of drug-likeness (QED) is 0.639. The average molecular weight is 396 g/mol. The lowest BCUT2D eigenvalue weighted by Crippen LogP contribution is -2.19. The molecule has 2 aromatic rings. The van der Waals surface area contributed by atoms with Gasteiger partial charge in [-0.1, -0.05) is 53.7 Å². The van der Waals surface area contributed by atoms with E-state index in [2.05, 4.69) is 18.6 Å². The van der Waals surface area contributed by atoms with E-state index in [1.165, 1.54) is 0 Å². The smallest absolute Gasteiger partial charge is 0.262 e. The lowest BCUT2D eigenvalue weighted by atomic mass is 9.89. The fraction of sp³-hybridized carbons (Fsp3) is 0.429. The molecule has 0 amide bonds. The number of nitrogens with one attached hydrogen (secondary N) is 1. The Labute approximate surface area is 160 Å². The van der Waals surface area contributed by atoms with Crippen LogP contribution in [-0.4, -0.2) is 8.42 Å². The molecule has 0 atom stereocenters. The van der Waals surface area contributed by atoms with E-state index < -0.39 is 21.7 Å². The molecule has 2 aromatic carbocycles. The van der Waals surface area contributed by atoms with E-state index in [0.717, 1.165) is 17.7 Å². The van der Waals surface area contributed by atoms with Crippen LogP contribution < -0.4 is 4.72 Å². The van der Waals surface area contributed by atoms with Crippen molar-refractivity contribution in [1.29, 1.82) is 0 Å². The highest BCUT2D eigenvalue weighted by Gasteiger charge is 2.27. The largest absolute Gasteiger partial charge is 0.277 e. The summed E-state index contributed by atoms with van der Waals surface area (Å²) < 4.78 is 55.9. The number of rotatable bonds is 6. The lowest BCUT2D eigenvalue weighted by Gasteiger charge is -2.23. The van der Waals surface area contributed by atoms with Crippen LogP contribution in [0.25, 0.3) is 0 Å². The summed E-state index contributed by atoms with van der Waals surface area (Å²) in [5.41, 5.74) is 2.18. The Balaban J connectivity index is 2.70. The van der Waals surface area contributed by atoms with Gasteiger partial charge in [0.05, 0.1) is 10.6 Å². The number of sulfonamides is 1. The summed E-state index contributed by atoms with van der Waals surface area (Å²) in [4.78, 5) is 0.181. The molecular formula is C21H27F2NO2S. The summed E-state index contributed by atoms with van der Waals surface area (Å²) in [6.45, 7) is 11.8. The van der Waals surface area contributed by atoms with E-state index in [9.17, 15) is 17.2 Å². The SMILES string of the molecule is CC(C)c1cc(C(C)C)c(S(=O)(=O)Nc2ccc(F)cc2F)c(C(C)C)c1. The van der Waals surface area contributed by atoms with Crippen LogP contribution in [0.15, 0.2) is 35.2 Å². The van der Waals surface area contributed by atoms with Crippen molar-refractivity contribution in [3.8, 4) is 0 Å². The first-order valence-corrected chi connectivity index (χ1v) is 10.6. The van der Waals surface area contributed by atoms with Gasteiger partial charge >= 0.3 is 0 Å². The fourth-order valence-corrected chi connectivity index (χ4v) is 4.73. The summed E-state index contributed by atoms with van der Waals surface area (Å²) in [6, 6.07) is 6.60. The van der Waals surface area contributed by atoms with Crippen molar-refractivity contribution in [2.45, 2.75) is 64.2 Å². The lowest BCUT2D eigenvalue weighted by molar-refractivity contribution is 0.581. The molecule has 0 bridgehead atoms. The van der Waals surface area contributed by atoms with E-state index in [4.69, 9.17) is 0 Å². The highest BCUT2D eigenvalue weighted by Crippen LogP contribution is 2.36. The Morgan fingerprint density at radius 3 is 1.74 bits per heavy atom. The molecule has 0 fully saturated rings. The van der Waals surface area contributed by atoms with Gasteiger partial charge in [-0.15, -0.1) is 0 Å². The average Bonchev–Trinajstić information content (AvgIpc) is 2.55. The van der Waals surface area contributed by atoms with Crippen molar-refractivity contribution in [2.75, 3.05) is 4.72 Å². The van der Waals surface area contributed by atoms with E-state index in [1.807, 2.05) is 39.8 Å². The first-order valence-electron chi connectivity index (χ1n) is 9.09. The third-order valence-corrected chi connectivity index (χ3v) is 6.02. The summed E-state index contributed by atoms with van der Waals surface area (Å²) >= 11 is 0. The predicted octanol–water partition coefficient (Wildman–Crippen LogP) is 6.14. The second kappa shape index (κ2) is 7.97. The molecule has 0 saturated carbocycles. The third kappa shape index (κ3) is 4.67. The summed E-state index contributed by atoms with van der Waals surface area (Å²) in [7, 11) is -4.05. The maximum absolute atomic E-state index is 14.0. The van der Waals surface area contributed by atoms with E-state index in [0.29, 0.717) is 17.2 Å². The van der Waals surface area contributed by atoms with Crippen molar-refractivity contribution >= 4 is 15.7 Å². The summed E-state index contributed by atoms with van der Waals surface area (Å²) in [5, 5.41) is 0. The maximum atomic E-state index is 14.0. The number of hydrogen-bond acceptors (Lipinski definition) is 2. The first-order chi connectivity index (χ1) is 12.4. The Hall–Kier alpha value is -1.95. The molecule has 0 unspecified atom stereocenters. The van der Waals surface area contributed by atoms with Gasteiger partial charge < -0.3 is 0 Å². The van der Waals surface area contributed by atoms with Crippen LogP contribution in [-0.2, 0) is 10.0 Å². The monoisotopic (exact) mass is 395 g/mol. The molecule has 2 rings (SSSR count). The molecule has 3 nitrogen and oxygen atoms in total. The molecule has 0 aliphatic rings. The minimum atomic E-state index is -4.05. The molecule has 0 radical (unpaired) electrons. The Bertz CT molecular complexity index is 906. The van der Waals surface area contributed by atoms with Crippen molar-refractivity contribution in [2.24, 2.45) is 0 Å². The molecule has 0 heterocycles. The number of anilines is 1. The van der Waals surface area contributed by atoms with Crippen LogP contribution >= 0.6 is 0 Å². The van der Waals surface area contributed by atoms with Crippen LogP contribution in [0.2, 0.25) is 0 Å². The standard InChI is InChI=1S/C21H27F2NO2S/c1-12(2)15-9-17(13(3)4)21(18(10-15)14(5)6)27(25,26)24-20-8-7-16(22)11-19(20)23/h7-14,24H,1-6H3. The van der Waals surface area contributed by atoms with Gasteiger partial charge in [0.1, 0.15) is 11.6 Å². The van der Waals surface area contributed by atoms with Crippen LogP contribution in [0, 0.1) is 11.6 Å². The van der Waals surface area contributed by atoms with Crippen LogP contribution in [0.4, 0.5) is 14.5 Å². The minimum Gasteiger partial charge on any atom is -0.277 e. The molecule has 0 aromatic heterocycles. The van der Waals surface area contributed by atoms with Gasteiger partial charge in [-0.25, -0.2) is 17.2 Å². The predicted molar refractivity (Wildman–Crippen MR) is 106 cm³/mol. The summed E-state index contributed by atoms with van der Waals surface area (Å²) in [6.07, 6.45) is 0. The van der Waals surface area contributed by atoms with Crippen LogP contribution in [0.3, 0.4) is 0 Å². The molecule has 27 heavy (non-hydrogen) atoms. The van der Waals surface area contributed by atoms with E-state index in [1.54, 1.807) is 0 Å². The highest BCUT2D eigenvalue weighted by atomic mass is 32.2. The Kier molecular flexibility index (Phi) is 6.30. The van der Waals surface area contributed by atoms with Gasteiger partial charge in [0.25, 0.3) is 10.0 Å². The van der Waals surface area contributed by atoms with Gasteiger partial charge in [0.2, 0.25) is 0 Å². The number of hydrogen-bond donors (Lipinski definition) is 1. The van der Waals surface area contributed by atoms with Crippen LogP contribution in [0.1, 0.15) is 76.0 Å². The molecule has 148 valence electrons. The van der Waals surface area contributed by atoms with Crippen molar-refractivity contribution in [3.05, 3.63) is 58.7 Å². The van der Waals surface area contributed by atoms with Gasteiger partial charge in [-0.3, -0.25) is 4.72 Å². The van der Waals surface area contributed by atoms with Gasteiger partial charge in [0.15, 0.2) is 0 Å². The van der Waals surface area contributed by atoms with Crippen LogP contribution in [0.5, 0.6) is 0 Å². The Morgan fingerprint density at radius 1 is 0.815 bits per heavy atom. The molecule has 0 saturated heterocycles. The zero-order chi connectivity index (χ0) is 20.5. The Morgan fingerprint density at radius 2 is 1.33 bits per heavy atom. The minimum absolute atomic E-state index is 0.0363. The molecular weight excluding hydrogens is 368 g/mol. The molecule has 0 spiro atoms. The summed E-state index contributed by atoms with van der Waals surface area (Å²) in [5.74, 6) is -1.53. The van der Waals surface area contributed by atoms with Gasteiger partial charge in [-0.05, 0) is 46.6 Å². The highest BCUT2D eigenvalue weighted by molar-refractivity contribution is 7.92. The van der Waals surface area contributed by atoms with Crippen molar-refractivity contribution in [1.82, 2.24) is 0 Å². The zero-order valence-electron chi connectivity index (χ0n) is 16.6. The van der Waals surface area contributed by atoms with Crippen molar-refractivity contribution < 1.29 is 17.2 Å².